The van der Waals surface area contributed by atoms with Crippen molar-refractivity contribution in [1.29, 1.82) is 0 Å². The first kappa shape index (κ1) is 10.7. The molecule has 0 bridgehead atoms. The summed E-state index contributed by atoms with van der Waals surface area (Å²) in [5.41, 5.74) is 1.74. The Labute approximate surface area is 93.6 Å². The molecule has 4 nitrogen and oxygen atoms in total. The fourth-order valence-corrected chi connectivity index (χ4v) is 1.48. The van der Waals surface area contributed by atoms with Crippen LogP contribution in [0.15, 0.2) is 24.5 Å². The maximum Gasteiger partial charge on any atom is 0.311 e. The van der Waals surface area contributed by atoms with Crippen molar-refractivity contribution in [3.63, 3.8) is 0 Å². The van der Waals surface area contributed by atoms with Crippen molar-refractivity contribution in [1.82, 2.24) is 9.97 Å². The van der Waals surface area contributed by atoms with Crippen molar-refractivity contribution in [2.45, 2.75) is 26.2 Å². The SMILES string of the molecule is CCCCC(=O)Oc1ccc2[nH]cnc2c1. The Morgan fingerprint density at radius 1 is 1.50 bits per heavy atom. The first-order valence-corrected chi connectivity index (χ1v) is 5.43. The number of aromatic nitrogens is 2. The van der Waals surface area contributed by atoms with Crippen LogP contribution < -0.4 is 4.74 Å². The Bertz CT molecular complexity index is 490. The predicted octanol–water partition coefficient (Wildman–Crippen LogP) is 2.66. The number of ether oxygens (including phenoxy) is 1. The molecule has 16 heavy (non-hydrogen) atoms. The number of hydrogen-bond donors (Lipinski definition) is 1. The van der Waals surface area contributed by atoms with Gasteiger partial charge in [-0.05, 0) is 18.6 Å². The lowest BCUT2D eigenvalue weighted by molar-refractivity contribution is -0.134. The molecule has 0 spiro atoms. The third-order valence-corrected chi connectivity index (χ3v) is 2.36. The first-order chi connectivity index (χ1) is 7.79. The van der Waals surface area contributed by atoms with Gasteiger partial charge in [-0.25, -0.2) is 4.98 Å². The summed E-state index contributed by atoms with van der Waals surface area (Å²) >= 11 is 0. The number of hydrogen-bond acceptors (Lipinski definition) is 3. The topological polar surface area (TPSA) is 55.0 Å². The number of unbranched alkanes of at least 4 members (excludes halogenated alkanes) is 1. The fraction of sp³-hybridized carbons (Fsp3) is 0.333. The van der Waals surface area contributed by atoms with E-state index in [0.29, 0.717) is 12.2 Å². The summed E-state index contributed by atoms with van der Waals surface area (Å²) in [6.07, 6.45) is 3.94. The van der Waals surface area contributed by atoms with Gasteiger partial charge in [0.05, 0.1) is 17.4 Å². The average molecular weight is 218 g/mol. The van der Waals surface area contributed by atoms with Crippen LogP contribution in [0.5, 0.6) is 5.75 Å². The maximum absolute atomic E-state index is 11.4. The van der Waals surface area contributed by atoms with Gasteiger partial charge in [0, 0.05) is 12.5 Å². The van der Waals surface area contributed by atoms with Gasteiger partial charge >= 0.3 is 5.97 Å². The molecule has 0 atom stereocenters. The highest BCUT2D eigenvalue weighted by Gasteiger charge is 2.05. The van der Waals surface area contributed by atoms with Crippen LogP contribution in [0.2, 0.25) is 0 Å². The molecular weight excluding hydrogens is 204 g/mol. The van der Waals surface area contributed by atoms with E-state index >= 15 is 0 Å². The molecule has 0 aliphatic heterocycles. The summed E-state index contributed by atoms with van der Waals surface area (Å²) in [4.78, 5) is 18.5. The molecular formula is C12H14N2O2. The van der Waals surface area contributed by atoms with E-state index in [1.807, 2.05) is 13.0 Å². The number of carbonyl (C=O) groups is 1. The lowest BCUT2D eigenvalue weighted by atomic mass is 10.2. The second-order valence-corrected chi connectivity index (χ2v) is 3.66. The summed E-state index contributed by atoms with van der Waals surface area (Å²) in [7, 11) is 0. The number of imidazole rings is 1. The van der Waals surface area contributed by atoms with Crippen molar-refractivity contribution in [3.8, 4) is 5.75 Å². The minimum atomic E-state index is -0.184. The Kier molecular flexibility index (Phi) is 3.19. The molecule has 84 valence electrons. The standard InChI is InChI=1S/C12H14N2O2/c1-2-3-4-12(15)16-9-5-6-10-11(7-9)14-8-13-10/h5-8H,2-4H2,1H3,(H,13,14). The van der Waals surface area contributed by atoms with Crippen LogP contribution in [-0.2, 0) is 4.79 Å². The van der Waals surface area contributed by atoms with E-state index in [1.54, 1.807) is 18.5 Å². The van der Waals surface area contributed by atoms with E-state index in [9.17, 15) is 4.79 Å². The molecule has 2 rings (SSSR count). The molecule has 0 saturated heterocycles. The second-order valence-electron chi connectivity index (χ2n) is 3.66. The molecule has 1 aromatic heterocycles. The van der Waals surface area contributed by atoms with Crippen LogP contribution in [0.1, 0.15) is 26.2 Å². The van der Waals surface area contributed by atoms with Gasteiger partial charge in [0.2, 0.25) is 0 Å². The lowest BCUT2D eigenvalue weighted by Crippen LogP contribution is -2.07. The van der Waals surface area contributed by atoms with Crippen LogP contribution in [0.3, 0.4) is 0 Å². The van der Waals surface area contributed by atoms with E-state index in [0.717, 1.165) is 23.9 Å². The predicted molar refractivity (Wildman–Crippen MR) is 61.3 cm³/mol. The highest BCUT2D eigenvalue weighted by atomic mass is 16.5. The van der Waals surface area contributed by atoms with Gasteiger partial charge in [-0.3, -0.25) is 4.79 Å². The highest BCUT2D eigenvalue weighted by molar-refractivity contribution is 5.78. The largest absolute Gasteiger partial charge is 0.426 e. The molecule has 1 heterocycles. The summed E-state index contributed by atoms with van der Waals surface area (Å²) in [5.74, 6) is 0.373. The molecule has 4 heteroatoms. The average Bonchev–Trinajstić information content (AvgIpc) is 2.73. The maximum atomic E-state index is 11.4. The Morgan fingerprint density at radius 3 is 3.19 bits per heavy atom. The van der Waals surface area contributed by atoms with Gasteiger partial charge < -0.3 is 9.72 Å². The van der Waals surface area contributed by atoms with E-state index in [4.69, 9.17) is 4.74 Å². The van der Waals surface area contributed by atoms with E-state index in [2.05, 4.69) is 9.97 Å². The first-order valence-electron chi connectivity index (χ1n) is 5.43. The number of benzene rings is 1. The fourth-order valence-electron chi connectivity index (χ4n) is 1.48. The number of fused-ring (bicyclic) bond motifs is 1. The number of rotatable bonds is 4. The Hall–Kier alpha value is -1.84. The van der Waals surface area contributed by atoms with Gasteiger partial charge in [-0.1, -0.05) is 13.3 Å². The second kappa shape index (κ2) is 4.79. The minimum Gasteiger partial charge on any atom is -0.426 e. The van der Waals surface area contributed by atoms with E-state index in [-0.39, 0.29) is 5.97 Å². The number of nitrogens with zero attached hydrogens (tertiary/aromatic N) is 1. The van der Waals surface area contributed by atoms with Crippen LogP contribution in [-0.4, -0.2) is 15.9 Å². The summed E-state index contributed by atoms with van der Waals surface area (Å²) in [6, 6.07) is 5.38. The third kappa shape index (κ3) is 2.39. The van der Waals surface area contributed by atoms with E-state index in [1.165, 1.54) is 0 Å². The summed E-state index contributed by atoms with van der Waals surface area (Å²) in [5, 5.41) is 0. The highest BCUT2D eigenvalue weighted by Crippen LogP contribution is 2.18. The Morgan fingerprint density at radius 2 is 2.38 bits per heavy atom. The minimum absolute atomic E-state index is 0.184. The van der Waals surface area contributed by atoms with Gasteiger partial charge in [-0.2, -0.15) is 0 Å². The molecule has 0 radical (unpaired) electrons. The summed E-state index contributed by atoms with van der Waals surface area (Å²) < 4.78 is 5.20. The van der Waals surface area contributed by atoms with Gasteiger partial charge in [-0.15, -0.1) is 0 Å². The Balaban J connectivity index is 2.06. The van der Waals surface area contributed by atoms with Crippen LogP contribution in [0, 0.1) is 0 Å². The van der Waals surface area contributed by atoms with Crippen molar-refractivity contribution in [2.24, 2.45) is 0 Å². The molecule has 0 amide bonds. The molecule has 0 aliphatic carbocycles. The molecule has 1 N–H and O–H groups in total. The van der Waals surface area contributed by atoms with Crippen LogP contribution in [0.25, 0.3) is 11.0 Å². The normalized spacial score (nSPS) is 10.6. The zero-order valence-electron chi connectivity index (χ0n) is 9.19. The molecule has 1 aromatic carbocycles. The monoisotopic (exact) mass is 218 g/mol. The van der Waals surface area contributed by atoms with Gasteiger partial charge in [0.25, 0.3) is 0 Å². The molecule has 0 aliphatic rings. The number of nitrogens with one attached hydrogen (secondary N) is 1. The van der Waals surface area contributed by atoms with Crippen molar-refractivity contribution in [2.75, 3.05) is 0 Å². The van der Waals surface area contributed by atoms with Crippen molar-refractivity contribution in [3.05, 3.63) is 24.5 Å². The number of H-pyrrole nitrogens is 1. The lowest BCUT2D eigenvalue weighted by Gasteiger charge is -2.03. The number of aromatic amines is 1. The van der Waals surface area contributed by atoms with Gasteiger partial charge in [0.1, 0.15) is 5.75 Å². The zero-order valence-corrected chi connectivity index (χ0v) is 9.19. The van der Waals surface area contributed by atoms with Crippen molar-refractivity contribution >= 4 is 17.0 Å². The van der Waals surface area contributed by atoms with Crippen molar-refractivity contribution < 1.29 is 9.53 Å². The molecule has 0 fully saturated rings. The zero-order chi connectivity index (χ0) is 11.4. The summed E-state index contributed by atoms with van der Waals surface area (Å²) in [6.45, 7) is 2.04. The molecule has 0 saturated carbocycles. The smallest absolute Gasteiger partial charge is 0.311 e. The van der Waals surface area contributed by atoms with Gasteiger partial charge in [0.15, 0.2) is 0 Å². The molecule has 2 aromatic rings. The number of carbonyl (C=O) groups excluding carboxylic acids is 1. The van der Waals surface area contributed by atoms with Crippen LogP contribution in [0.4, 0.5) is 0 Å². The van der Waals surface area contributed by atoms with E-state index < -0.39 is 0 Å². The quantitative estimate of drug-likeness (QED) is 0.634. The number of esters is 1. The van der Waals surface area contributed by atoms with Crippen LogP contribution >= 0.6 is 0 Å². The molecule has 0 unspecified atom stereocenters. The third-order valence-electron chi connectivity index (χ3n) is 2.36.